The van der Waals surface area contributed by atoms with Gasteiger partial charge in [-0.2, -0.15) is 0 Å². The lowest BCUT2D eigenvalue weighted by Gasteiger charge is -2.34. The van der Waals surface area contributed by atoms with Crippen LogP contribution in [0.5, 0.6) is 0 Å². The van der Waals surface area contributed by atoms with E-state index in [1.165, 1.54) is 45.2 Å². The van der Waals surface area contributed by atoms with Crippen LogP contribution < -0.4 is 5.73 Å². The fourth-order valence-corrected chi connectivity index (χ4v) is 3.39. The third-order valence-electron chi connectivity index (χ3n) is 4.55. The normalized spacial score (nSPS) is 30.4. The van der Waals surface area contributed by atoms with Gasteiger partial charge in [-0.05, 0) is 37.6 Å². The van der Waals surface area contributed by atoms with E-state index < -0.39 is 0 Å². The van der Waals surface area contributed by atoms with Crippen molar-refractivity contribution in [3.63, 3.8) is 0 Å². The SMILES string of the molecule is CCC1CN(CC2(CN)CCCC2)CCCO1. The van der Waals surface area contributed by atoms with Crippen molar-refractivity contribution >= 4 is 0 Å². The summed E-state index contributed by atoms with van der Waals surface area (Å²) < 4.78 is 5.84. The van der Waals surface area contributed by atoms with Gasteiger partial charge in [-0.3, -0.25) is 0 Å². The summed E-state index contributed by atoms with van der Waals surface area (Å²) in [6.07, 6.45) is 8.16. The number of hydrogen-bond acceptors (Lipinski definition) is 3. The minimum Gasteiger partial charge on any atom is -0.377 e. The van der Waals surface area contributed by atoms with E-state index in [4.69, 9.17) is 10.5 Å². The highest BCUT2D eigenvalue weighted by Gasteiger charge is 2.34. The second-order valence-corrected chi connectivity index (χ2v) is 5.90. The van der Waals surface area contributed by atoms with Gasteiger partial charge >= 0.3 is 0 Å². The predicted octanol–water partition coefficient (Wildman–Crippen LogP) is 2.01. The van der Waals surface area contributed by atoms with E-state index in [9.17, 15) is 0 Å². The van der Waals surface area contributed by atoms with Gasteiger partial charge < -0.3 is 15.4 Å². The molecule has 0 spiro atoms. The van der Waals surface area contributed by atoms with Gasteiger partial charge in [0.25, 0.3) is 0 Å². The molecule has 17 heavy (non-hydrogen) atoms. The van der Waals surface area contributed by atoms with E-state index in [1.54, 1.807) is 0 Å². The maximum absolute atomic E-state index is 6.03. The molecule has 3 nitrogen and oxygen atoms in total. The Morgan fingerprint density at radius 2 is 2.06 bits per heavy atom. The van der Waals surface area contributed by atoms with Crippen molar-refractivity contribution < 1.29 is 4.74 Å². The van der Waals surface area contributed by atoms with Crippen LogP contribution in [0.25, 0.3) is 0 Å². The first kappa shape index (κ1) is 13.3. The molecule has 2 aliphatic rings. The van der Waals surface area contributed by atoms with Gasteiger partial charge in [0.2, 0.25) is 0 Å². The monoisotopic (exact) mass is 240 g/mol. The molecular weight excluding hydrogens is 212 g/mol. The second kappa shape index (κ2) is 6.17. The zero-order chi connectivity index (χ0) is 12.1. The second-order valence-electron chi connectivity index (χ2n) is 5.90. The topological polar surface area (TPSA) is 38.5 Å². The lowest BCUT2D eigenvalue weighted by Crippen LogP contribution is -2.43. The zero-order valence-corrected chi connectivity index (χ0v) is 11.3. The van der Waals surface area contributed by atoms with Crippen LogP contribution >= 0.6 is 0 Å². The van der Waals surface area contributed by atoms with E-state index in [0.29, 0.717) is 11.5 Å². The lowest BCUT2D eigenvalue weighted by atomic mass is 9.85. The molecule has 0 radical (unpaired) electrons. The van der Waals surface area contributed by atoms with Crippen molar-refractivity contribution in [2.75, 3.05) is 32.8 Å². The van der Waals surface area contributed by atoms with Crippen molar-refractivity contribution in [1.29, 1.82) is 0 Å². The highest BCUT2D eigenvalue weighted by Crippen LogP contribution is 2.38. The van der Waals surface area contributed by atoms with Crippen LogP contribution in [0.1, 0.15) is 45.4 Å². The summed E-state index contributed by atoms with van der Waals surface area (Å²) in [5, 5.41) is 0. The average Bonchev–Trinajstić information content (AvgIpc) is 2.69. The zero-order valence-electron chi connectivity index (χ0n) is 11.3. The van der Waals surface area contributed by atoms with Crippen molar-refractivity contribution in [3.8, 4) is 0 Å². The molecule has 1 aliphatic heterocycles. The molecule has 0 bridgehead atoms. The maximum Gasteiger partial charge on any atom is 0.0699 e. The third kappa shape index (κ3) is 3.43. The summed E-state index contributed by atoms with van der Waals surface area (Å²) in [6.45, 7) is 7.52. The lowest BCUT2D eigenvalue weighted by molar-refractivity contribution is 0.0452. The molecule has 1 saturated carbocycles. The van der Waals surface area contributed by atoms with E-state index in [2.05, 4.69) is 11.8 Å². The van der Waals surface area contributed by atoms with Gasteiger partial charge in [0, 0.05) is 26.2 Å². The Morgan fingerprint density at radius 1 is 1.29 bits per heavy atom. The number of hydrogen-bond donors (Lipinski definition) is 1. The van der Waals surface area contributed by atoms with Gasteiger partial charge in [0.15, 0.2) is 0 Å². The predicted molar refractivity (Wildman–Crippen MR) is 71.0 cm³/mol. The van der Waals surface area contributed by atoms with E-state index in [1.807, 2.05) is 0 Å². The molecule has 100 valence electrons. The Balaban J connectivity index is 1.91. The van der Waals surface area contributed by atoms with Crippen LogP contribution in [0, 0.1) is 5.41 Å². The van der Waals surface area contributed by atoms with Gasteiger partial charge in [0.1, 0.15) is 0 Å². The van der Waals surface area contributed by atoms with Crippen molar-refractivity contribution in [2.24, 2.45) is 11.1 Å². The van der Waals surface area contributed by atoms with Gasteiger partial charge in [-0.1, -0.05) is 19.8 Å². The first-order valence-corrected chi connectivity index (χ1v) is 7.32. The summed E-state index contributed by atoms with van der Waals surface area (Å²) in [5.74, 6) is 0. The fraction of sp³-hybridized carbons (Fsp3) is 1.00. The molecule has 1 unspecified atom stereocenters. The van der Waals surface area contributed by atoms with Crippen molar-refractivity contribution in [3.05, 3.63) is 0 Å². The molecule has 0 aromatic rings. The minimum absolute atomic E-state index is 0.419. The van der Waals surface area contributed by atoms with E-state index in [0.717, 1.165) is 26.1 Å². The smallest absolute Gasteiger partial charge is 0.0699 e. The molecule has 0 aromatic carbocycles. The van der Waals surface area contributed by atoms with Crippen LogP contribution in [0.3, 0.4) is 0 Å². The molecule has 3 heteroatoms. The molecule has 1 saturated heterocycles. The molecule has 2 N–H and O–H groups in total. The summed E-state index contributed by atoms with van der Waals surface area (Å²) in [7, 11) is 0. The molecule has 0 aromatic heterocycles. The third-order valence-corrected chi connectivity index (χ3v) is 4.55. The highest BCUT2D eigenvalue weighted by atomic mass is 16.5. The van der Waals surface area contributed by atoms with Crippen molar-refractivity contribution in [1.82, 2.24) is 4.90 Å². The minimum atomic E-state index is 0.419. The van der Waals surface area contributed by atoms with Crippen molar-refractivity contribution in [2.45, 2.75) is 51.6 Å². The number of nitrogens with two attached hydrogens (primary N) is 1. The standard InChI is InChI=1S/C14H28N2O/c1-2-13-10-16(8-5-9-17-13)12-14(11-15)6-3-4-7-14/h13H,2-12,15H2,1H3. The van der Waals surface area contributed by atoms with E-state index in [-0.39, 0.29) is 0 Å². The summed E-state index contributed by atoms with van der Waals surface area (Å²) >= 11 is 0. The highest BCUT2D eigenvalue weighted by molar-refractivity contribution is 4.89. The van der Waals surface area contributed by atoms with Gasteiger partial charge in [0.05, 0.1) is 6.10 Å². The Labute approximate surface area is 106 Å². The number of nitrogens with zero attached hydrogens (tertiary/aromatic N) is 1. The van der Waals surface area contributed by atoms with Crippen LogP contribution in [-0.4, -0.2) is 43.8 Å². The first-order valence-electron chi connectivity index (χ1n) is 7.32. The maximum atomic E-state index is 6.03. The summed E-state index contributed by atoms with van der Waals surface area (Å²) in [5.41, 5.74) is 6.45. The Bertz CT molecular complexity index is 226. The van der Waals surface area contributed by atoms with Crippen LogP contribution in [0.15, 0.2) is 0 Å². The number of ether oxygens (including phenoxy) is 1. The average molecular weight is 240 g/mol. The van der Waals surface area contributed by atoms with E-state index >= 15 is 0 Å². The first-order chi connectivity index (χ1) is 8.28. The van der Waals surface area contributed by atoms with Gasteiger partial charge in [-0.25, -0.2) is 0 Å². The molecule has 1 aliphatic carbocycles. The molecule has 0 amide bonds. The van der Waals surface area contributed by atoms with Crippen LogP contribution in [-0.2, 0) is 4.74 Å². The Hall–Kier alpha value is -0.120. The summed E-state index contributed by atoms with van der Waals surface area (Å²) in [6, 6.07) is 0. The van der Waals surface area contributed by atoms with Crippen LogP contribution in [0.4, 0.5) is 0 Å². The number of rotatable bonds is 4. The molecule has 1 atom stereocenters. The quantitative estimate of drug-likeness (QED) is 0.817. The largest absolute Gasteiger partial charge is 0.377 e. The van der Waals surface area contributed by atoms with Crippen LogP contribution in [0.2, 0.25) is 0 Å². The molecular formula is C14H28N2O. The molecule has 2 fully saturated rings. The Morgan fingerprint density at radius 3 is 2.71 bits per heavy atom. The molecule has 2 rings (SSSR count). The fourth-order valence-electron chi connectivity index (χ4n) is 3.39. The van der Waals surface area contributed by atoms with Gasteiger partial charge in [-0.15, -0.1) is 0 Å². The Kier molecular flexibility index (Phi) is 4.83. The summed E-state index contributed by atoms with van der Waals surface area (Å²) in [4.78, 5) is 2.61. The molecule has 1 heterocycles.